The van der Waals surface area contributed by atoms with Gasteiger partial charge in [0.05, 0.1) is 11.8 Å². The van der Waals surface area contributed by atoms with Crippen LogP contribution in [0.25, 0.3) is 0 Å². The minimum atomic E-state index is -1.13. The van der Waals surface area contributed by atoms with Gasteiger partial charge in [-0.15, -0.1) is 0 Å². The van der Waals surface area contributed by atoms with Crippen LogP contribution in [0.2, 0.25) is 0 Å². The van der Waals surface area contributed by atoms with E-state index < -0.39 is 29.7 Å². The molecule has 0 radical (unpaired) electrons. The van der Waals surface area contributed by atoms with E-state index in [-0.39, 0.29) is 24.1 Å². The molecule has 1 fully saturated rings. The lowest BCUT2D eigenvalue weighted by atomic mass is 9.80. The minimum Gasteiger partial charge on any atom is -0.479 e. The topological polar surface area (TPSA) is 78.9 Å². The molecule has 0 aromatic carbocycles. The molecule has 2 bridgehead atoms. The van der Waals surface area contributed by atoms with Crippen molar-refractivity contribution in [2.45, 2.75) is 58.8 Å². The summed E-state index contributed by atoms with van der Waals surface area (Å²) < 4.78 is 17.2. The Labute approximate surface area is 152 Å². The van der Waals surface area contributed by atoms with Crippen molar-refractivity contribution in [3.05, 3.63) is 35.1 Å². The Balaban J connectivity index is 2.04. The van der Waals surface area contributed by atoms with Gasteiger partial charge in [0.15, 0.2) is 5.60 Å². The van der Waals surface area contributed by atoms with Crippen molar-refractivity contribution in [3.63, 3.8) is 0 Å². The average molecular weight is 360 g/mol. The second-order valence-electron chi connectivity index (χ2n) is 7.44. The third-order valence-electron chi connectivity index (χ3n) is 5.54. The van der Waals surface area contributed by atoms with E-state index in [0.29, 0.717) is 11.3 Å². The molecule has 6 heteroatoms. The summed E-state index contributed by atoms with van der Waals surface area (Å²) in [6, 6.07) is 0. The zero-order valence-electron chi connectivity index (χ0n) is 15.7. The number of carbonyl (C=O) groups excluding carboxylic acids is 3. The summed E-state index contributed by atoms with van der Waals surface area (Å²) >= 11 is 0. The highest BCUT2D eigenvalue weighted by molar-refractivity contribution is 6.00. The summed E-state index contributed by atoms with van der Waals surface area (Å²) in [5, 5.41) is 0. The van der Waals surface area contributed by atoms with E-state index in [2.05, 4.69) is 0 Å². The maximum atomic E-state index is 12.5. The van der Waals surface area contributed by atoms with E-state index in [1.54, 1.807) is 39.8 Å². The molecule has 0 N–H and O–H groups in total. The van der Waals surface area contributed by atoms with Crippen LogP contribution in [-0.2, 0) is 28.6 Å². The monoisotopic (exact) mass is 360 g/mol. The van der Waals surface area contributed by atoms with Crippen molar-refractivity contribution in [1.29, 1.82) is 0 Å². The van der Waals surface area contributed by atoms with Crippen LogP contribution in [0.3, 0.4) is 0 Å². The van der Waals surface area contributed by atoms with Gasteiger partial charge in [0.25, 0.3) is 0 Å². The van der Waals surface area contributed by atoms with Crippen molar-refractivity contribution in [2.24, 2.45) is 11.8 Å². The number of hydrogen-bond acceptors (Lipinski definition) is 6. The maximum absolute atomic E-state index is 12.5. The Kier molecular flexibility index (Phi) is 4.54. The van der Waals surface area contributed by atoms with Gasteiger partial charge in [-0.05, 0) is 39.3 Å². The van der Waals surface area contributed by atoms with Crippen LogP contribution in [0.1, 0.15) is 41.0 Å². The zero-order valence-corrected chi connectivity index (χ0v) is 15.7. The molecule has 6 nitrogen and oxygen atoms in total. The molecule has 0 aromatic rings. The smallest absolute Gasteiger partial charge is 0.333 e. The van der Waals surface area contributed by atoms with Gasteiger partial charge in [-0.3, -0.25) is 9.59 Å². The van der Waals surface area contributed by atoms with Crippen LogP contribution in [0.15, 0.2) is 35.1 Å². The number of rotatable bonds is 2. The SMILES string of the molecule is C/C=C(/C)C(=O)O[C@@H]1C[C@@]2(C)OC(=CC2=O)/C(C)=C\[C@H]2OC(=O)[C@@H](C)[C@@H]21. The van der Waals surface area contributed by atoms with Crippen molar-refractivity contribution < 1.29 is 28.6 Å². The van der Waals surface area contributed by atoms with Crippen LogP contribution in [-0.4, -0.2) is 35.5 Å². The molecule has 1 saturated heterocycles. The lowest BCUT2D eigenvalue weighted by Gasteiger charge is -2.32. The summed E-state index contributed by atoms with van der Waals surface area (Å²) in [5.74, 6) is -1.31. The fourth-order valence-electron chi connectivity index (χ4n) is 3.69. The normalized spacial score (nSPS) is 38.7. The molecule has 0 unspecified atom stereocenters. The summed E-state index contributed by atoms with van der Waals surface area (Å²) in [4.78, 5) is 37.1. The number of ether oxygens (including phenoxy) is 3. The molecule has 3 aliphatic heterocycles. The van der Waals surface area contributed by atoms with Crippen LogP contribution < -0.4 is 0 Å². The number of esters is 2. The standard InChI is InChI=1S/C20H24O6/c1-6-10(2)18(22)25-15-9-20(5)16(21)8-13(26-20)11(3)7-14-17(15)12(4)19(23)24-14/h6-8,12,14-15,17H,9H2,1-5H3/b10-6-,11-7-/t12-,14+,15+,17-,20+/m0/s1. The summed E-state index contributed by atoms with van der Waals surface area (Å²) in [6.07, 6.45) is 3.86. The van der Waals surface area contributed by atoms with E-state index in [4.69, 9.17) is 14.2 Å². The third-order valence-corrected chi connectivity index (χ3v) is 5.54. The third kappa shape index (κ3) is 2.97. The first-order chi connectivity index (χ1) is 12.2. The second kappa shape index (κ2) is 6.41. The predicted molar refractivity (Wildman–Crippen MR) is 92.8 cm³/mol. The summed E-state index contributed by atoms with van der Waals surface area (Å²) in [7, 11) is 0. The molecule has 0 spiro atoms. The number of allylic oxidation sites excluding steroid dienone is 2. The highest BCUT2D eigenvalue weighted by atomic mass is 16.6. The Morgan fingerprint density at radius 1 is 1.38 bits per heavy atom. The lowest BCUT2D eigenvalue weighted by Crippen LogP contribution is -2.44. The Bertz CT molecular complexity index is 758. The van der Waals surface area contributed by atoms with Crippen molar-refractivity contribution in [3.8, 4) is 0 Å². The number of hydrogen-bond donors (Lipinski definition) is 0. The van der Waals surface area contributed by atoms with Crippen LogP contribution >= 0.6 is 0 Å². The molecule has 0 aromatic heterocycles. The van der Waals surface area contributed by atoms with Gasteiger partial charge >= 0.3 is 11.9 Å². The maximum Gasteiger partial charge on any atom is 0.333 e. The molecule has 0 aliphatic carbocycles. The molecule has 0 saturated carbocycles. The van der Waals surface area contributed by atoms with Crippen molar-refractivity contribution >= 4 is 17.7 Å². The van der Waals surface area contributed by atoms with Gasteiger partial charge in [0.1, 0.15) is 18.0 Å². The fraction of sp³-hybridized carbons (Fsp3) is 0.550. The quantitative estimate of drug-likeness (QED) is 0.556. The number of carbonyl (C=O) groups is 3. The average Bonchev–Trinajstić information content (AvgIpc) is 3.03. The molecule has 3 heterocycles. The molecule has 140 valence electrons. The second-order valence-corrected chi connectivity index (χ2v) is 7.44. The molecule has 3 aliphatic rings. The fourth-order valence-corrected chi connectivity index (χ4v) is 3.69. The van der Waals surface area contributed by atoms with Gasteiger partial charge in [-0.2, -0.15) is 0 Å². The van der Waals surface area contributed by atoms with Crippen LogP contribution in [0.4, 0.5) is 0 Å². The van der Waals surface area contributed by atoms with Crippen molar-refractivity contribution in [1.82, 2.24) is 0 Å². The molecule has 5 atom stereocenters. The first-order valence-corrected chi connectivity index (χ1v) is 8.84. The Morgan fingerprint density at radius 3 is 2.73 bits per heavy atom. The number of fused-ring (bicyclic) bond motifs is 3. The molecule has 3 rings (SSSR count). The highest BCUT2D eigenvalue weighted by Gasteiger charge is 2.53. The highest BCUT2D eigenvalue weighted by Crippen LogP contribution is 2.42. The van der Waals surface area contributed by atoms with Gasteiger partial charge < -0.3 is 14.2 Å². The number of ketones is 1. The van der Waals surface area contributed by atoms with Gasteiger partial charge in [0, 0.05) is 18.1 Å². The minimum absolute atomic E-state index is 0.165. The van der Waals surface area contributed by atoms with Gasteiger partial charge in [0.2, 0.25) is 5.78 Å². The first kappa shape index (κ1) is 18.4. The van der Waals surface area contributed by atoms with Crippen molar-refractivity contribution in [2.75, 3.05) is 0 Å². The van der Waals surface area contributed by atoms with Gasteiger partial charge in [-0.1, -0.05) is 13.0 Å². The molecular formula is C20H24O6. The van der Waals surface area contributed by atoms with E-state index in [1.165, 1.54) is 6.08 Å². The Hall–Kier alpha value is -2.37. The molecule has 26 heavy (non-hydrogen) atoms. The lowest BCUT2D eigenvalue weighted by molar-refractivity contribution is -0.155. The van der Waals surface area contributed by atoms with Gasteiger partial charge in [-0.25, -0.2) is 4.79 Å². The van der Waals surface area contributed by atoms with Crippen LogP contribution in [0, 0.1) is 11.8 Å². The van der Waals surface area contributed by atoms with E-state index in [9.17, 15) is 14.4 Å². The van der Waals surface area contributed by atoms with E-state index in [1.807, 2.05) is 6.92 Å². The summed E-state index contributed by atoms with van der Waals surface area (Å²) in [5.41, 5.74) is 0.0729. The Morgan fingerprint density at radius 2 is 2.08 bits per heavy atom. The zero-order chi connectivity index (χ0) is 19.2. The summed E-state index contributed by atoms with van der Waals surface area (Å²) in [6.45, 7) is 8.69. The van der Waals surface area contributed by atoms with Crippen LogP contribution in [0.5, 0.6) is 0 Å². The largest absolute Gasteiger partial charge is 0.479 e. The first-order valence-electron chi connectivity index (χ1n) is 8.84. The molecule has 0 amide bonds. The molecular weight excluding hydrogens is 336 g/mol. The predicted octanol–water partition coefficient (Wildman–Crippen LogP) is 2.63. The van der Waals surface area contributed by atoms with E-state index >= 15 is 0 Å². The van der Waals surface area contributed by atoms with E-state index in [0.717, 1.165) is 5.57 Å².